The van der Waals surface area contributed by atoms with Crippen LogP contribution in [0.2, 0.25) is 0 Å². The number of hydrogen-bond donors (Lipinski definition) is 2. The highest BCUT2D eigenvalue weighted by atomic mass is 32.2. The van der Waals surface area contributed by atoms with Crippen molar-refractivity contribution < 1.29 is 22.7 Å². The first-order valence-corrected chi connectivity index (χ1v) is 11.0. The molecule has 160 valence electrons. The number of hydrogen-bond acceptors (Lipinski definition) is 6. The van der Waals surface area contributed by atoms with Gasteiger partial charge in [0.2, 0.25) is 15.8 Å². The molecule has 1 atom stereocenters. The Morgan fingerprint density at radius 1 is 1.16 bits per heavy atom. The van der Waals surface area contributed by atoms with Gasteiger partial charge in [-0.15, -0.1) is 0 Å². The largest absolute Gasteiger partial charge is 0.451 e. The normalized spacial score (nSPS) is 12.3. The summed E-state index contributed by atoms with van der Waals surface area (Å²) < 4.78 is 31.9. The first-order valence-electron chi connectivity index (χ1n) is 9.54. The number of Topliss-reactive ketones (excluding diaryl/α,β-unsaturated/α-hetero) is 1. The fourth-order valence-corrected chi connectivity index (χ4v) is 4.21. The van der Waals surface area contributed by atoms with Gasteiger partial charge in [0.05, 0.1) is 16.5 Å². The van der Waals surface area contributed by atoms with E-state index in [1.807, 2.05) is 30.3 Å². The van der Waals surface area contributed by atoms with Gasteiger partial charge in [0.15, 0.2) is 6.10 Å². The molecule has 9 heteroatoms. The number of benzene rings is 2. The van der Waals surface area contributed by atoms with E-state index in [9.17, 15) is 18.0 Å². The molecule has 8 nitrogen and oxygen atoms in total. The molecular formula is C22H21N3O5S. The molecule has 31 heavy (non-hydrogen) atoms. The Balaban J connectivity index is 1.71. The van der Waals surface area contributed by atoms with Crippen molar-refractivity contribution in [3.8, 4) is 6.07 Å². The molecule has 2 aromatic carbocycles. The standard InChI is InChI=1S/C22H21N3O5S/c1-14-20(18-6-3-4-7-19(18)25-14)21(26)15(2)30-22(27)16-8-10-17(11-9-16)31(28,29)24-13-5-12-23/h3-4,6-11,15,24-25H,5,13H2,1-2H3. The lowest BCUT2D eigenvalue weighted by Crippen LogP contribution is -2.25. The van der Waals surface area contributed by atoms with Gasteiger partial charge in [0.1, 0.15) is 0 Å². The first-order chi connectivity index (χ1) is 14.7. The van der Waals surface area contributed by atoms with E-state index in [4.69, 9.17) is 10.00 Å². The van der Waals surface area contributed by atoms with E-state index < -0.39 is 22.1 Å². The predicted molar refractivity (Wildman–Crippen MR) is 114 cm³/mol. The molecular weight excluding hydrogens is 418 g/mol. The molecule has 0 spiro atoms. The molecule has 1 unspecified atom stereocenters. The van der Waals surface area contributed by atoms with Gasteiger partial charge in [-0.05, 0) is 44.2 Å². The molecule has 1 aromatic heterocycles. The fourth-order valence-electron chi connectivity index (χ4n) is 3.17. The number of nitriles is 1. The van der Waals surface area contributed by atoms with Crippen LogP contribution in [0.4, 0.5) is 0 Å². The van der Waals surface area contributed by atoms with Crippen LogP contribution in [0.3, 0.4) is 0 Å². The van der Waals surface area contributed by atoms with E-state index in [1.54, 1.807) is 6.92 Å². The number of para-hydroxylation sites is 1. The van der Waals surface area contributed by atoms with Crippen molar-refractivity contribution in [3.05, 3.63) is 65.4 Å². The number of esters is 1. The highest BCUT2D eigenvalue weighted by molar-refractivity contribution is 7.89. The van der Waals surface area contributed by atoms with Crippen LogP contribution in [0, 0.1) is 18.3 Å². The number of ketones is 1. The summed E-state index contributed by atoms with van der Waals surface area (Å²) in [5, 5.41) is 9.26. The summed E-state index contributed by atoms with van der Waals surface area (Å²) in [4.78, 5) is 28.5. The van der Waals surface area contributed by atoms with Gasteiger partial charge in [-0.1, -0.05) is 18.2 Å². The number of nitrogens with zero attached hydrogens (tertiary/aromatic N) is 1. The SMILES string of the molecule is Cc1[nH]c2ccccc2c1C(=O)C(C)OC(=O)c1ccc(S(=O)(=O)NCCC#N)cc1. The number of aromatic nitrogens is 1. The molecule has 2 N–H and O–H groups in total. The van der Waals surface area contributed by atoms with E-state index in [0.717, 1.165) is 10.9 Å². The van der Waals surface area contributed by atoms with Gasteiger partial charge in [-0.25, -0.2) is 17.9 Å². The number of carbonyl (C=O) groups excluding carboxylic acids is 2. The van der Waals surface area contributed by atoms with Crippen LogP contribution >= 0.6 is 0 Å². The maximum absolute atomic E-state index is 12.9. The van der Waals surface area contributed by atoms with E-state index >= 15 is 0 Å². The van der Waals surface area contributed by atoms with E-state index in [2.05, 4.69) is 9.71 Å². The number of H-pyrrole nitrogens is 1. The molecule has 0 aliphatic heterocycles. The number of fused-ring (bicyclic) bond motifs is 1. The topological polar surface area (TPSA) is 129 Å². The van der Waals surface area contributed by atoms with Gasteiger partial charge in [0, 0.05) is 35.1 Å². The van der Waals surface area contributed by atoms with Crippen molar-refractivity contribution in [1.29, 1.82) is 5.26 Å². The summed E-state index contributed by atoms with van der Waals surface area (Å²) >= 11 is 0. The van der Waals surface area contributed by atoms with Crippen molar-refractivity contribution >= 4 is 32.7 Å². The van der Waals surface area contributed by atoms with Crippen LogP contribution in [0.5, 0.6) is 0 Å². The fraction of sp³-hybridized carbons (Fsp3) is 0.227. The van der Waals surface area contributed by atoms with Crippen molar-refractivity contribution in [2.45, 2.75) is 31.3 Å². The third-order valence-electron chi connectivity index (χ3n) is 4.72. The van der Waals surface area contributed by atoms with Crippen LogP contribution in [0.1, 0.15) is 39.8 Å². The lowest BCUT2D eigenvalue weighted by atomic mass is 10.0. The zero-order chi connectivity index (χ0) is 22.6. The second kappa shape index (κ2) is 9.12. The summed E-state index contributed by atoms with van der Waals surface area (Å²) in [6, 6.07) is 14.4. The van der Waals surface area contributed by atoms with Crippen molar-refractivity contribution in [2.75, 3.05) is 6.54 Å². The maximum atomic E-state index is 12.9. The second-order valence-electron chi connectivity index (χ2n) is 6.91. The summed E-state index contributed by atoms with van der Waals surface area (Å²) in [6.45, 7) is 3.28. The first kappa shape index (κ1) is 22.2. The number of rotatable bonds is 8. The Bertz CT molecular complexity index is 1270. The minimum atomic E-state index is -3.78. The Morgan fingerprint density at radius 2 is 1.84 bits per heavy atom. The third-order valence-corrected chi connectivity index (χ3v) is 6.20. The maximum Gasteiger partial charge on any atom is 0.338 e. The second-order valence-corrected chi connectivity index (χ2v) is 8.68. The summed E-state index contributed by atoms with van der Waals surface area (Å²) in [5.74, 6) is -1.07. The zero-order valence-electron chi connectivity index (χ0n) is 17.0. The molecule has 0 saturated carbocycles. The Labute approximate surface area is 179 Å². The van der Waals surface area contributed by atoms with Crippen molar-refractivity contribution in [3.63, 3.8) is 0 Å². The molecule has 3 aromatic rings. The summed E-state index contributed by atoms with van der Waals surface area (Å²) in [7, 11) is -3.78. The smallest absolute Gasteiger partial charge is 0.338 e. The highest BCUT2D eigenvalue weighted by Gasteiger charge is 2.25. The van der Waals surface area contributed by atoms with E-state index in [0.29, 0.717) is 11.3 Å². The van der Waals surface area contributed by atoms with Crippen molar-refractivity contribution in [2.24, 2.45) is 0 Å². The van der Waals surface area contributed by atoms with E-state index in [1.165, 1.54) is 31.2 Å². The Kier molecular flexibility index (Phi) is 6.53. The quantitative estimate of drug-likeness (QED) is 0.315. The molecule has 0 fully saturated rings. The van der Waals surface area contributed by atoms with Crippen LogP contribution in [0.15, 0.2) is 53.4 Å². The third kappa shape index (κ3) is 4.82. The number of nitrogens with one attached hydrogen (secondary N) is 2. The average molecular weight is 439 g/mol. The predicted octanol–water partition coefficient (Wildman–Crippen LogP) is 3.10. The number of aryl methyl sites for hydroxylation is 1. The Morgan fingerprint density at radius 3 is 2.52 bits per heavy atom. The zero-order valence-corrected chi connectivity index (χ0v) is 17.8. The van der Waals surface area contributed by atoms with Crippen molar-refractivity contribution in [1.82, 2.24) is 9.71 Å². The number of sulfonamides is 1. The highest BCUT2D eigenvalue weighted by Crippen LogP contribution is 2.24. The van der Waals surface area contributed by atoms with Gasteiger partial charge >= 0.3 is 5.97 Å². The monoisotopic (exact) mass is 439 g/mol. The summed E-state index contributed by atoms with van der Waals surface area (Å²) in [5.41, 5.74) is 2.10. The van der Waals surface area contributed by atoms with Crippen LogP contribution in [-0.4, -0.2) is 37.8 Å². The van der Waals surface area contributed by atoms with Crippen LogP contribution in [0.25, 0.3) is 10.9 Å². The van der Waals surface area contributed by atoms with Crippen LogP contribution < -0.4 is 4.72 Å². The van der Waals surface area contributed by atoms with Gasteiger partial charge in [-0.2, -0.15) is 5.26 Å². The molecule has 0 radical (unpaired) electrons. The van der Waals surface area contributed by atoms with Crippen LogP contribution in [-0.2, 0) is 14.8 Å². The summed E-state index contributed by atoms with van der Waals surface area (Å²) in [6.07, 6.45) is -0.979. The van der Waals surface area contributed by atoms with E-state index in [-0.39, 0.29) is 29.2 Å². The Hall–Kier alpha value is -3.48. The molecule has 0 aliphatic carbocycles. The number of ether oxygens (including phenoxy) is 1. The number of carbonyl (C=O) groups is 2. The lowest BCUT2D eigenvalue weighted by molar-refractivity contribution is 0.0319. The molecule has 1 heterocycles. The van der Waals surface area contributed by atoms with Gasteiger partial charge in [0.25, 0.3) is 0 Å². The number of aromatic amines is 1. The molecule has 3 rings (SSSR count). The van der Waals surface area contributed by atoms with Gasteiger partial charge in [-0.3, -0.25) is 4.79 Å². The molecule has 0 aliphatic rings. The van der Waals surface area contributed by atoms with Gasteiger partial charge < -0.3 is 9.72 Å². The average Bonchev–Trinajstić information content (AvgIpc) is 3.09. The molecule has 0 amide bonds. The molecule has 0 saturated heterocycles. The molecule has 0 bridgehead atoms. The minimum Gasteiger partial charge on any atom is -0.451 e. The lowest BCUT2D eigenvalue weighted by Gasteiger charge is -2.13. The minimum absolute atomic E-state index is 0.00446.